The van der Waals surface area contributed by atoms with Crippen LogP contribution in [0.5, 0.6) is 0 Å². The van der Waals surface area contributed by atoms with Gasteiger partial charge in [0.05, 0.1) is 27.7 Å². The van der Waals surface area contributed by atoms with Crippen molar-refractivity contribution in [2.75, 3.05) is 34.3 Å². The van der Waals surface area contributed by atoms with Gasteiger partial charge in [0.15, 0.2) is 0 Å². The Morgan fingerprint density at radius 3 is 1.59 bits per heavy atom. The van der Waals surface area contributed by atoms with E-state index in [4.69, 9.17) is 4.43 Å². The van der Waals surface area contributed by atoms with E-state index in [0.29, 0.717) is 0 Å². The summed E-state index contributed by atoms with van der Waals surface area (Å²) < 4.78 is 7.43. The van der Waals surface area contributed by atoms with Gasteiger partial charge in [0.1, 0.15) is 6.54 Å². The zero-order valence-electron chi connectivity index (χ0n) is 13.9. The summed E-state index contributed by atoms with van der Waals surface area (Å²) in [6.45, 7) is 4.10. The highest BCUT2D eigenvalue weighted by atomic mass is 127. The summed E-state index contributed by atoms with van der Waals surface area (Å²) in [5.41, 5.74) is 0. The number of halogens is 1. The fourth-order valence-corrected chi connectivity index (χ4v) is 5.19. The molecule has 0 saturated heterocycles. The highest BCUT2D eigenvalue weighted by Crippen LogP contribution is 2.08. The Hall–Kier alpha value is -0.693. The second-order valence-corrected chi connectivity index (χ2v) is 10.1. The zero-order valence-corrected chi connectivity index (χ0v) is 17.1. The van der Waals surface area contributed by atoms with Crippen LogP contribution in [0.4, 0.5) is 0 Å². The third-order valence-electron chi connectivity index (χ3n) is 3.80. The Balaban J connectivity index is 0.00000242. The molecule has 0 spiro atoms. The van der Waals surface area contributed by atoms with Gasteiger partial charge in [0.25, 0.3) is 8.32 Å². The van der Waals surface area contributed by atoms with Crippen molar-refractivity contribution in [1.29, 1.82) is 0 Å². The van der Waals surface area contributed by atoms with E-state index in [9.17, 15) is 0 Å². The Morgan fingerprint density at radius 2 is 1.23 bits per heavy atom. The van der Waals surface area contributed by atoms with Gasteiger partial charge in [-0.15, -0.1) is 0 Å². The van der Waals surface area contributed by atoms with Crippen LogP contribution in [0.2, 0.25) is 6.55 Å². The average Bonchev–Trinajstić information content (AvgIpc) is 2.47. The van der Waals surface area contributed by atoms with E-state index in [2.05, 4.69) is 88.4 Å². The summed E-state index contributed by atoms with van der Waals surface area (Å²) in [5.74, 6) is 0. The molecule has 0 bridgehead atoms. The topological polar surface area (TPSA) is 9.23 Å². The summed E-state index contributed by atoms with van der Waals surface area (Å²) >= 11 is 0. The molecule has 2 aromatic rings. The van der Waals surface area contributed by atoms with Crippen LogP contribution in [-0.4, -0.2) is 47.1 Å². The molecule has 2 rings (SSSR count). The van der Waals surface area contributed by atoms with Crippen molar-refractivity contribution in [1.82, 2.24) is 0 Å². The molecule has 0 unspecified atom stereocenters. The Morgan fingerprint density at radius 1 is 0.818 bits per heavy atom. The van der Waals surface area contributed by atoms with Gasteiger partial charge in [0, 0.05) is 0 Å². The van der Waals surface area contributed by atoms with Gasteiger partial charge in [-0.25, -0.2) is 0 Å². The molecule has 0 aromatic heterocycles. The molecule has 0 N–H and O–H groups in total. The van der Waals surface area contributed by atoms with Gasteiger partial charge in [-0.2, -0.15) is 0 Å². The van der Waals surface area contributed by atoms with E-state index in [-0.39, 0.29) is 24.0 Å². The molecule has 0 aliphatic rings. The fraction of sp³-hybridized carbons (Fsp3) is 0.333. The van der Waals surface area contributed by atoms with Crippen LogP contribution in [-0.2, 0) is 4.43 Å². The van der Waals surface area contributed by atoms with E-state index in [0.717, 1.165) is 17.6 Å². The van der Waals surface area contributed by atoms with Gasteiger partial charge >= 0.3 is 0 Å². The molecule has 0 aliphatic carbocycles. The predicted molar refractivity (Wildman–Crippen MR) is 92.6 cm³/mol. The molecule has 4 heteroatoms. The molecule has 0 saturated carbocycles. The standard InChI is InChI=1S/C18H26NOSi.HI/c1-19(2,3)15-16-20-21(4,17-11-7-5-8-12-17)18-13-9-6-10-14-18;/h5-14H,15-16H2,1-4H3;1H/q+1;/p-1. The Kier molecular flexibility index (Phi) is 7.25. The Labute approximate surface area is 152 Å². The smallest absolute Gasteiger partial charge is 0.253 e. The first kappa shape index (κ1) is 19.4. The number of benzene rings is 2. The minimum absolute atomic E-state index is 0. The van der Waals surface area contributed by atoms with Crippen LogP contribution in [0.15, 0.2) is 60.7 Å². The first-order valence-electron chi connectivity index (χ1n) is 7.47. The lowest BCUT2D eigenvalue weighted by molar-refractivity contribution is -0.870. The van der Waals surface area contributed by atoms with Gasteiger partial charge in [0.2, 0.25) is 0 Å². The average molecular weight is 427 g/mol. The highest BCUT2D eigenvalue weighted by Gasteiger charge is 2.34. The van der Waals surface area contributed by atoms with Crippen molar-refractivity contribution >= 4 is 18.7 Å². The number of rotatable bonds is 6. The van der Waals surface area contributed by atoms with Crippen LogP contribution < -0.4 is 34.4 Å². The number of hydrogen-bond acceptors (Lipinski definition) is 1. The first-order valence-corrected chi connectivity index (χ1v) is 9.88. The fourth-order valence-electron chi connectivity index (χ4n) is 2.37. The Bertz CT molecular complexity index is 515. The molecular weight excluding hydrogens is 401 g/mol. The maximum absolute atomic E-state index is 6.50. The normalized spacial score (nSPS) is 11.8. The van der Waals surface area contributed by atoms with Crippen molar-refractivity contribution in [3.63, 3.8) is 0 Å². The quantitative estimate of drug-likeness (QED) is 0.330. The summed E-state index contributed by atoms with van der Waals surface area (Å²) in [7, 11) is 4.49. The highest BCUT2D eigenvalue weighted by molar-refractivity contribution is 6.96. The van der Waals surface area contributed by atoms with E-state index < -0.39 is 8.32 Å². The SMILES string of the molecule is C[N+](C)(C)CCO[Si](C)(c1ccccc1)c1ccccc1.[I-]. The van der Waals surface area contributed by atoms with Crippen LogP contribution >= 0.6 is 0 Å². The minimum Gasteiger partial charge on any atom is -1.00 e. The van der Waals surface area contributed by atoms with Gasteiger partial charge in [-0.05, 0) is 16.9 Å². The number of hydrogen-bond donors (Lipinski definition) is 0. The summed E-state index contributed by atoms with van der Waals surface area (Å²) in [4.78, 5) is 0. The number of likely N-dealkylation sites (N-methyl/N-ethyl adjacent to an activating group) is 1. The van der Waals surface area contributed by atoms with Gasteiger partial charge in [-0.1, -0.05) is 60.7 Å². The van der Waals surface area contributed by atoms with Crippen molar-refractivity contribution in [2.45, 2.75) is 6.55 Å². The third-order valence-corrected chi connectivity index (χ3v) is 7.45. The van der Waals surface area contributed by atoms with E-state index >= 15 is 0 Å². The molecule has 22 heavy (non-hydrogen) atoms. The predicted octanol–water partition coefficient (Wildman–Crippen LogP) is -0.897. The molecule has 0 atom stereocenters. The van der Waals surface area contributed by atoms with E-state index in [1.165, 1.54) is 10.4 Å². The minimum atomic E-state index is -2.11. The van der Waals surface area contributed by atoms with Gasteiger partial charge < -0.3 is 32.9 Å². The molecule has 0 heterocycles. The summed E-state index contributed by atoms with van der Waals surface area (Å²) in [5, 5.41) is 2.66. The second kappa shape index (κ2) is 8.24. The van der Waals surface area contributed by atoms with E-state index in [1.807, 2.05) is 0 Å². The monoisotopic (exact) mass is 427 g/mol. The second-order valence-electron chi connectivity index (χ2n) is 6.63. The zero-order chi connectivity index (χ0) is 15.3. The molecule has 2 nitrogen and oxygen atoms in total. The number of nitrogens with zero attached hydrogens (tertiary/aromatic N) is 1. The van der Waals surface area contributed by atoms with Crippen molar-refractivity contribution in [2.24, 2.45) is 0 Å². The molecule has 0 fully saturated rings. The summed E-state index contributed by atoms with van der Waals surface area (Å²) in [6, 6.07) is 21.3. The van der Waals surface area contributed by atoms with Crippen molar-refractivity contribution in [3.05, 3.63) is 60.7 Å². The van der Waals surface area contributed by atoms with Crippen LogP contribution in [0.1, 0.15) is 0 Å². The molecule has 0 amide bonds. The van der Waals surface area contributed by atoms with Crippen LogP contribution in [0, 0.1) is 0 Å². The van der Waals surface area contributed by atoms with Crippen molar-refractivity contribution in [3.8, 4) is 0 Å². The molecule has 120 valence electrons. The largest absolute Gasteiger partial charge is 1.00 e. The molecule has 0 aliphatic heterocycles. The summed E-state index contributed by atoms with van der Waals surface area (Å²) in [6.07, 6.45) is 0. The lowest BCUT2D eigenvalue weighted by Crippen LogP contribution is -3.00. The lowest BCUT2D eigenvalue weighted by Gasteiger charge is -2.31. The maximum Gasteiger partial charge on any atom is 0.253 e. The van der Waals surface area contributed by atoms with E-state index in [1.54, 1.807) is 0 Å². The van der Waals surface area contributed by atoms with Crippen molar-refractivity contribution < 1.29 is 32.9 Å². The van der Waals surface area contributed by atoms with Crippen LogP contribution in [0.3, 0.4) is 0 Å². The molecule has 0 radical (unpaired) electrons. The maximum atomic E-state index is 6.50. The number of quaternary nitrogens is 1. The van der Waals surface area contributed by atoms with Gasteiger partial charge in [-0.3, -0.25) is 0 Å². The first-order chi connectivity index (χ1) is 9.92. The van der Waals surface area contributed by atoms with Crippen LogP contribution in [0.25, 0.3) is 0 Å². The lowest BCUT2D eigenvalue weighted by atomic mass is 10.4. The molecular formula is C18H26INOSi. The third kappa shape index (κ3) is 5.19. The molecule has 2 aromatic carbocycles.